The van der Waals surface area contributed by atoms with Crippen molar-refractivity contribution in [1.82, 2.24) is 0 Å². The van der Waals surface area contributed by atoms with Gasteiger partial charge in [-0.2, -0.15) is 0 Å². The number of nitrogen functional groups attached to an aromatic ring is 1. The Labute approximate surface area is 196 Å². The van der Waals surface area contributed by atoms with E-state index in [4.69, 9.17) is 20.6 Å². The number of aryl methyl sites for hydroxylation is 2. The topological polar surface area (TPSA) is 97.4 Å². The Morgan fingerprint density at radius 3 is 2.58 bits per heavy atom. The van der Waals surface area contributed by atoms with Gasteiger partial charge in [0.2, 0.25) is 0 Å². The molecule has 33 heavy (non-hydrogen) atoms. The molecule has 3 aromatic carbocycles. The number of amides is 1. The number of thiophene rings is 1. The van der Waals surface area contributed by atoms with Crippen molar-refractivity contribution in [3.05, 3.63) is 94.4 Å². The van der Waals surface area contributed by atoms with Gasteiger partial charge in [-0.05, 0) is 49.2 Å². The van der Waals surface area contributed by atoms with Gasteiger partial charge >= 0.3 is 6.09 Å². The van der Waals surface area contributed by atoms with Crippen molar-refractivity contribution in [2.75, 3.05) is 11.9 Å². The number of nitrogens with one attached hydrogen (secondary N) is 2. The summed E-state index contributed by atoms with van der Waals surface area (Å²) >= 11 is 1.44. The summed E-state index contributed by atoms with van der Waals surface area (Å²) in [6, 6.07) is 23.0. The predicted octanol–water partition coefficient (Wildman–Crippen LogP) is 6.17. The molecule has 4 aromatic rings. The second-order valence-electron chi connectivity index (χ2n) is 7.75. The summed E-state index contributed by atoms with van der Waals surface area (Å²) in [6.45, 7) is 3.97. The highest BCUT2D eigenvalue weighted by molar-refractivity contribution is 7.20. The summed E-state index contributed by atoms with van der Waals surface area (Å²) in [6.07, 6.45) is -1.05. The van der Waals surface area contributed by atoms with Crippen LogP contribution >= 0.6 is 11.3 Å². The van der Waals surface area contributed by atoms with Gasteiger partial charge in [0, 0.05) is 15.8 Å². The highest BCUT2D eigenvalue weighted by Gasteiger charge is 2.19. The smallest absolute Gasteiger partial charge is 0.411 e. The molecule has 0 aliphatic heterocycles. The van der Waals surface area contributed by atoms with Gasteiger partial charge in [-0.15, -0.1) is 11.3 Å². The van der Waals surface area contributed by atoms with Crippen LogP contribution in [0.15, 0.2) is 72.8 Å². The van der Waals surface area contributed by atoms with E-state index in [1.807, 2.05) is 86.6 Å². The van der Waals surface area contributed by atoms with E-state index in [0.717, 1.165) is 26.8 Å². The molecule has 0 spiro atoms. The maximum absolute atomic E-state index is 12.5. The van der Waals surface area contributed by atoms with E-state index in [1.165, 1.54) is 11.3 Å². The van der Waals surface area contributed by atoms with Crippen LogP contribution < -0.4 is 15.8 Å². The van der Waals surface area contributed by atoms with E-state index >= 15 is 0 Å². The van der Waals surface area contributed by atoms with E-state index in [2.05, 4.69) is 5.32 Å². The zero-order valence-corrected chi connectivity index (χ0v) is 19.2. The molecule has 0 saturated heterocycles. The third-order valence-corrected chi connectivity index (χ3v) is 6.35. The van der Waals surface area contributed by atoms with Crippen LogP contribution in [-0.2, 0) is 4.74 Å². The van der Waals surface area contributed by atoms with Gasteiger partial charge in [-0.1, -0.05) is 54.1 Å². The maximum Gasteiger partial charge on any atom is 0.411 e. The number of fused-ring (bicyclic) bond motifs is 1. The van der Waals surface area contributed by atoms with Crippen LogP contribution in [0.4, 0.5) is 10.5 Å². The lowest BCUT2D eigenvalue weighted by Gasteiger charge is -2.20. The first kappa shape index (κ1) is 22.4. The minimum absolute atomic E-state index is 0.0214. The zero-order chi connectivity index (χ0) is 23.4. The Morgan fingerprint density at radius 2 is 1.85 bits per heavy atom. The molecule has 0 aliphatic carbocycles. The molecule has 1 heterocycles. The quantitative estimate of drug-likeness (QED) is 0.227. The van der Waals surface area contributed by atoms with Gasteiger partial charge in [-0.3, -0.25) is 10.7 Å². The number of anilines is 1. The summed E-state index contributed by atoms with van der Waals surface area (Å²) in [5.74, 6) is 0.664. The van der Waals surface area contributed by atoms with E-state index in [-0.39, 0.29) is 12.4 Å². The molecular formula is C26H25N3O3S. The normalized spacial score (nSPS) is 11.7. The number of ether oxygens (including phenoxy) is 2. The number of rotatable bonds is 7. The molecule has 1 amide bonds. The van der Waals surface area contributed by atoms with Crippen LogP contribution in [0.2, 0.25) is 0 Å². The third kappa shape index (κ3) is 5.32. The molecular weight excluding hydrogens is 434 g/mol. The predicted molar refractivity (Wildman–Crippen MR) is 134 cm³/mol. The molecule has 168 valence electrons. The Kier molecular flexibility index (Phi) is 6.60. The number of hydrogen-bond donors (Lipinski definition) is 3. The maximum atomic E-state index is 12.5. The Morgan fingerprint density at radius 1 is 1.06 bits per heavy atom. The Balaban J connectivity index is 1.53. The monoisotopic (exact) mass is 459 g/mol. The molecule has 7 heteroatoms. The second kappa shape index (κ2) is 9.75. The Hall–Kier alpha value is -3.84. The van der Waals surface area contributed by atoms with Crippen molar-refractivity contribution in [1.29, 1.82) is 5.41 Å². The van der Waals surface area contributed by atoms with Gasteiger partial charge in [0.05, 0.1) is 4.88 Å². The van der Waals surface area contributed by atoms with E-state index in [9.17, 15) is 4.79 Å². The number of amidine groups is 1. The molecule has 4 N–H and O–H groups in total. The Bertz CT molecular complexity index is 1300. The van der Waals surface area contributed by atoms with Gasteiger partial charge in [0.15, 0.2) is 6.10 Å². The van der Waals surface area contributed by atoms with Crippen LogP contribution in [0.5, 0.6) is 5.75 Å². The fourth-order valence-electron chi connectivity index (χ4n) is 3.54. The van der Waals surface area contributed by atoms with Crippen molar-refractivity contribution in [2.45, 2.75) is 20.0 Å². The number of carbonyl (C=O) groups is 1. The van der Waals surface area contributed by atoms with Gasteiger partial charge < -0.3 is 15.2 Å². The minimum atomic E-state index is -0.543. The summed E-state index contributed by atoms with van der Waals surface area (Å²) in [4.78, 5) is 13.2. The molecule has 0 fully saturated rings. The molecule has 0 bridgehead atoms. The third-order valence-electron chi connectivity index (χ3n) is 5.21. The van der Waals surface area contributed by atoms with Crippen LogP contribution in [0.1, 0.15) is 27.7 Å². The first-order chi connectivity index (χ1) is 15.9. The lowest BCUT2D eigenvalue weighted by molar-refractivity contribution is 0.0910. The second-order valence-corrected chi connectivity index (χ2v) is 8.84. The van der Waals surface area contributed by atoms with E-state index in [0.29, 0.717) is 16.3 Å². The number of nitrogens with two attached hydrogens (primary N) is 1. The van der Waals surface area contributed by atoms with Gasteiger partial charge in [-0.25, -0.2) is 4.79 Å². The summed E-state index contributed by atoms with van der Waals surface area (Å²) in [5.41, 5.74) is 9.36. The molecule has 1 aromatic heterocycles. The fraction of sp³-hybridized carbons (Fsp3) is 0.154. The molecule has 6 nitrogen and oxygen atoms in total. The largest absolute Gasteiger partial charge is 0.481 e. The highest BCUT2D eigenvalue weighted by Crippen LogP contribution is 2.35. The highest BCUT2D eigenvalue weighted by atomic mass is 32.1. The minimum Gasteiger partial charge on any atom is -0.481 e. The molecule has 1 unspecified atom stereocenters. The van der Waals surface area contributed by atoms with Crippen LogP contribution in [-0.4, -0.2) is 18.5 Å². The number of benzene rings is 3. The van der Waals surface area contributed by atoms with Crippen molar-refractivity contribution in [2.24, 2.45) is 5.73 Å². The van der Waals surface area contributed by atoms with Crippen LogP contribution in [0, 0.1) is 19.3 Å². The van der Waals surface area contributed by atoms with E-state index in [1.54, 1.807) is 0 Å². The fourth-order valence-corrected chi connectivity index (χ4v) is 4.48. The molecule has 0 aliphatic rings. The summed E-state index contributed by atoms with van der Waals surface area (Å²) < 4.78 is 12.9. The first-order valence-corrected chi connectivity index (χ1v) is 11.3. The lowest BCUT2D eigenvalue weighted by Crippen LogP contribution is -2.21. The van der Waals surface area contributed by atoms with Crippen molar-refractivity contribution in [3.8, 4) is 5.75 Å². The van der Waals surface area contributed by atoms with Crippen LogP contribution in [0.3, 0.4) is 0 Å². The molecule has 4 rings (SSSR count). The van der Waals surface area contributed by atoms with Crippen molar-refractivity contribution >= 4 is 39.0 Å². The lowest BCUT2D eigenvalue weighted by atomic mass is 10.1. The van der Waals surface area contributed by atoms with Gasteiger partial charge in [0.25, 0.3) is 0 Å². The van der Waals surface area contributed by atoms with Gasteiger partial charge in [0.1, 0.15) is 18.2 Å². The first-order valence-electron chi connectivity index (χ1n) is 10.5. The molecule has 0 saturated carbocycles. The number of hydrogen-bond acceptors (Lipinski definition) is 5. The number of carbonyl (C=O) groups excluding carboxylic acids is 1. The van der Waals surface area contributed by atoms with Crippen LogP contribution in [0.25, 0.3) is 10.1 Å². The van der Waals surface area contributed by atoms with E-state index < -0.39 is 12.2 Å². The molecule has 1 atom stereocenters. The average molecular weight is 460 g/mol. The van der Waals surface area contributed by atoms with Crippen molar-refractivity contribution < 1.29 is 14.3 Å². The standard InChI is InChI=1S/C26H25N3O3S/c1-16-11-12-20(17(2)13-16)29-26(30)31-15-22(18-7-4-3-5-8-18)32-21-9-6-10-23-19(21)14-24(33-23)25(27)28/h3-14,22H,15H2,1-2H3,(H3,27,28)(H,29,30). The summed E-state index contributed by atoms with van der Waals surface area (Å²) in [7, 11) is 0. The SMILES string of the molecule is Cc1ccc(NC(=O)OCC(Oc2cccc3sc(C(=N)N)cc23)c2ccccc2)c(C)c1. The summed E-state index contributed by atoms with van der Waals surface area (Å²) in [5, 5.41) is 11.4. The average Bonchev–Trinajstić information content (AvgIpc) is 3.25. The zero-order valence-electron chi connectivity index (χ0n) is 18.4. The van der Waals surface area contributed by atoms with Crippen molar-refractivity contribution in [3.63, 3.8) is 0 Å². The molecule has 0 radical (unpaired) electrons.